The van der Waals surface area contributed by atoms with Crippen molar-refractivity contribution in [3.05, 3.63) is 85.5 Å². The van der Waals surface area contributed by atoms with Crippen molar-refractivity contribution in [3.63, 3.8) is 0 Å². The van der Waals surface area contributed by atoms with Crippen molar-refractivity contribution in [2.75, 3.05) is 7.11 Å². The van der Waals surface area contributed by atoms with E-state index in [1.165, 1.54) is 32.0 Å². The quantitative estimate of drug-likeness (QED) is 0.373. The van der Waals surface area contributed by atoms with Crippen molar-refractivity contribution in [3.8, 4) is 22.6 Å². The van der Waals surface area contributed by atoms with Crippen LogP contribution in [0.3, 0.4) is 0 Å². The molecule has 2 aromatic rings. The fraction of sp³-hybridized carbons (Fsp3) is 0.0952. The van der Waals surface area contributed by atoms with E-state index in [1.807, 2.05) is 0 Å². The van der Waals surface area contributed by atoms with Gasteiger partial charge in [-0.2, -0.15) is 0 Å². The van der Waals surface area contributed by atoms with Crippen LogP contribution in [-0.4, -0.2) is 13.1 Å². The van der Waals surface area contributed by atoms with Gasteiger partial charge in [-0.05, 0) is 36.8 Å². The predicted molar refractivity (Wildman–Crippen MR) is 99.3 cm³/mol. The van der Waals surface area contributed by atoms with Gasteiger partial charge in [-0.1, -0.05) is 18.7 Å². The number of carbonyl (C=O) groups is 1. The number of hydrogen-bond donors (Lipinski definition) is 0. The monoisotopic (exact) mass is 370 g/mol. The minimum atomic E-state index is -0.536. The van der Waals surface area contributed by atoms with Gasteiger partial charge >= 0.3 is 5.97 Å². The lowest BCUT2D eigenvalue weighted by Crippen LogP contribution is -1.99. The minimum absolute atomic E-state index is 0.289. The molecule has 2 rings (SSSR count). The first-order valence-electron chi connectivity index (χ1n) is 7.94. The fourth-order valence-electron chi connectivity index (χ4n) is 1.97. The Balaban J connectivity index is 2.00. The van der Waals surface area contributed by atoms with Crippen molar-refractivity contribution in [1.82, 2.24) is 0 Å². The number of esters is 1. The van der Waals surface area contributed by atoms with Gasteiger partial charge in [0.2, 0.25) is 0 Å². The highest BCUT2D eigenvalue weighted by Crippen LogP contribution is 2.28. The van der Waals surface area contributed by atoms with E-state index in [4.69, 9.17) is 18.9 Å². The zero-order valence-electron chi connectivity index (χ0n) is 15.0. The maximum absolute atomic E-state index is 14.3. The normalized spacial score (nSPS) is 10.8. The van der Waals surface area contributed by atoms with Gasteiger partial charge in [-0.25, -0.2) is 9.18 Å². The van der Waals surface area contributed by atoms with E-state index in [9.17, 15) is 9.18 Å². The molecule has 0 saturated heterocycles. The molecule has 0 aromatic heterocycles. The van der Waals surface area contributed by atoms with E-state index in [-0.39, 0.29) is 5.57 Å². The molecule has 0 radical (unpaired) electrons. The standard InChI is InChI=1S/C21H19FO5/c1-15(2)21(23)27-13-12-25-17-6-4-16(5-7-17)19-9-8-18(14-20(19)22)26-11-10-24-3/h4-14H,1H2,2-3H3/b11-10-,13-12-. The number of carbonyl (C=O) groups excluding carboxylic acids is 1. The van der Waals surface area contributed by atoms with E-state index in [0.717, 1.165) is 6.26 Å². The molecule has 0 bridgehead atoms. The largest absolute Gasteiger partial charge is 0.501 e. The van der Waals surface area contributed by atoms with Crippen LogP contribution in [0.15, 0.2) is 79.7 Å². The molecular weight excluding hydrogens is 351 g/mol. The van der Waals surface area contributed by atoms with Gasteiger partial charge in [0.25, 0.3) is 0 Å². The summed E-state index contributed by atoms with van der Waals surface area (Å²) >= 11 is 0. The predicted octanol–water partition coefficient (Wildman–Crippen LogP) is 4.96. The Bertz CT molecular complexity index is 853. The summed E-state index contributed by atoms with van der Waals surface area (Å²) in [6.07, 6.45) is 5.03. The lowest BCUT2D eigenvalue weighted by atomic mass is 10.0. The van der Waals surface area contributed by atoms with Crippen LogP contribution in [0, 0.1) is 5.82 Å². The SMILES string of the molecule is C=C(C)C(=O)O/C=C\Oc1ccc(-c2ccc(O/C=C\OC)cc2F)cc1. The lowest BCUT2D eigenvalue weighted by molar-refractivity contribution is -0.133. The molecule has 0 amide bonds. The van der Waals surface area contributed by atoms with E-state index in [2.05, 4.69) is 6.58 Å². The van der Waals surface area contributed by atoms with Crippen LogP contribution in [0.2, 0.25) is 0 Å². The molecular formula is C21H19FO5. The summed E-state index contributed by atoms with van der Waals surface area (Å²) in [5.41, 5.74) is 1.39. The van der Waals surface area contributed by atoms with Crippen LogP contribution in [0.5, 0.6) is 11.5 Å². The molecule has 27 heavy (non-hydrogen) atoms. The minimum Gasteiger partial charge on any atom is -0.501 e. The first kappa shape index (κ1) is 19.8. The van der Waals surface area contributed by atoms with Crippen LogP contribution in [0.4, 0.5) is 4.39 Å². The van der Waals surface area contributed by atoms with Crippen molar-refractivity contribution < 1.29 is 28.1 Å². The number of halogens is 1. The second-order valence-corrected chi connectivity index (χ2v) is 5.37. The lowest BCUT2D eigenvalue weighted by Gasteiger charge is -2.07. The topological polar surface area (TPSA) is 54.0 Å². The highest BCUT2D eigenvalue weighted by Gasteiger charge is 2.07. The summed E-state index contributed by atoms with van der Waals surface area (Å²) in [6, 6.07) is 11.3. The first-order valence-corrected chi connectivity index (χ1v) is 7.94. The molecule has 5 nitrogen and oxygen atoms in total. The Labute approximate surface area is 156 Å². The number of benzene rings is 2. The third kappa shape index (κ3) is 6.04. The molecule has 0 saturated carbocycles. The number of ether oxygens (including phenoxy) is 4. The molecule has 0 spiro atoms. The molecule has 0 heterocycles. The zero-order chi connectivity index (χ0) is 19.6. The fourth-order valence-corrected chi connectivity index (χ4v) is 1.97. The highest BCUT2D eigenvalue weighted by atomic mass is 19.1. The second kappa shape index (κ2) is 9.82. The van der Waals surface area contributed by atoms with E-state index in [1.54, 1.807) is 43.3 Å². The summed E-state index contributed by atoms with van der Waals surface area (Å²) in [5, 5.41) is 0. The zero-order valence-corrected chi connectivity index (χ0v) is 15.0. The first-order chi connectivity index (χ1) is 13.0. The summed E-state index contributed by atoms with van der Waals surface area (Å²) in [5.74, 6) is -0.0882. The average Bonchev–Trinajstić information content (AvgIpc) is 2.66. The summed E-state index contributed by atoms with van der Waals surface area (Å²) in [7, 11) is 1.49. The van der Waals surface area contributed by atoms with E-state index >= 15 is 0 Å². The average molecular weight is 370 g/mol. The van der Waals surface area contributed by atoms with Gasteiger partial charge in [0.15, 0.2) is 0 Å². The third-order valence-corrected chi connectivity index (χ3v) is 3.28. The molecule has 0 unspecified atom stereocenters. The molecule has 0 aliphatic carbocycles. The van der Waals surface area contributed by atoms with Gasteiger partial charge in [0, 0.05) is 17.2 Å². The van der Waals surface area contributed by atoms with Gasteiger partial charge in [-0.15, -0.1) is 0 Å². The summed E-state index contributed by atoms with van der Waals surface area (Å²) < 4.78 is 34.3. The van der Waals surface area contributed by atoms with Gasteiger partial charge in [-0.3, -0.25) is 0 Å². The van der Waals surface area contributed by atoms with E-state index < -0.39 is 11.8 Å². The summed E-state index contributed by atoms with van der Waals surface area (Å²) in [4.78, 5) is 11.2. The molecule has 0 aliphatic heterocycles. The van der Waals surface area contributed by atoms with Gasteiger partial charge in [0.05, 0.1) is 7.11 Å². The van der Waals surface area contributed by atoms with Crippen LogP contribution < -0.4 is 9.47 Å². The molecule has 0 fully saturated rings. The number of methoxy groups -OCH3 is 1. The van der Waals surface area contributed by atoms with Gasteiger partial charge in [0.1, 0.15) is 42.4 Å². The molecule has 0 atom stereocenters. The summed E-state index contributed by atoms with van der Waals surface area (Å²) in [6.45, 7) is 5.01. The maximum atomic E-state index is 14.3. The number of hydrogen-bond acceptors (Lipinski definition) is 5. The van der Waals surface area contributed by atoms with Crippen molar-refractivity contribution >= 4 is 5.97 Å². The van der Waals surface area contributed by atoms with Gasteiger partial charge < -0.3 is 18.9 Å². The Morgan fingerprint density at radius 3 is 2.22 bits per heavy atom. The highest BCUT2D eigenvalue weighted by molar-refractivity contribution is 5.87. The number of rotatable bonds is 8. The Kier molecular flexibility index (Phi) is 7.19. The van der Waals surface area contributed by atoms with Crippen LogP contribution in [-0.2, 0) is 14.3 Å². The molecule has 0 aliphatic rings. The van der Waals surface area contributed by atoms with Crippen LogP contribution in [0.1, 0.15) is 6.92 Å². The molecule has 6 heteroatoms. The molecule has 140 valence electrons. The van der Waals surface area contributed by atoms with Crippen LogP contribution in [0.25, 0.3) is 11.1 Å². The van der Waals surface area contributed by atoms with Crippen LogP contribution >= 0.6 is 0 Å². The Morgan fingerprint density at radius 1 is 0.963 bits per heavy atom. The maximum Gasteiger partial charge on any atom is 0.338 e. The van der Waals surface area contributed by atoms with E-state index in [0.29, 0.717) is 22.6 Å². The van der Waals surface area contributed by atoms with Crippen molar-refractivity contribution in [1.29, 1.82) is 0 Å². The van der Waals surface area contributed by atoms with Crippen molar-refractivity contribution in [2.24, 2.45) is 0 Å². The third-order valence-electron chi connectivity index (χ3n) is 3.28. The second-order valence-electron chi connectivity index (χ2n) is 5.37. The molecule has 2 aromatic carbocycles. The Hall–Kier alpha value is -3.54. The van der Waals surface area contributed by atoms with Crippen molar-refractivity contribution in [2.45, 2.75) is 6.92 Å². The Morgan fingerprint density at radius 2 is 1.59 bits per heavy atom. The molecule has 0 N–H and O–H groups in total. The smallest absolute Gasteiger partial charge is 0.338 e.